The lowest BCUT2D eigenvalue weighted by Crippen LogP contribution is -1.99. The summed E-state index contributed by atoms with van der Waals surface area (Å²) in [4.78, 5) is 10.6. The number of hydrogen-bond donors (Lipinski definition) is 1. The van der Waals surface area contributed by atoms with E-state index in [1.54, 1.807) is 24.3 Å². The molecule has 0 saturated heterocycles. The van der Waals surface area contributed by atoms with Crippen LogP contribution in [-0.4, -0.2) is 29.7 Å². The summed E-state index contributed by atoms with van der Waals surface area (Å²) in [6, 6.07) is 6.52. The van der Waals surface area contributed by atoms with Crippen molar-refractivity contribution in [3.05, 3.63) is 29.8 Å². The third kappa shape index (κ3) is 5.63. The molecule has 0 aliphatic carbocycles. The minimum absolute atomic E-state index is 0.289. The van der Waals surface area contributed by atoms with Gasteiger partial charge in [-0.2, -0.15) is 11.8 Å². The van der Waals surface area contributed by atoms with E-state index in [-0.39, 0.29) is 5.56 Å². The van der Waals surface area contributed by atoms with Gasteiger partial charge in [-0.25, -0.2) is 4.79 Å². The molecule has 0 unspecified atom stereocenters. The van der Waals surface area contributed by atoms with Crippen LogP contribution in [0.1, 0.15) is 29.6 Å². The molecule has 1 rings (SSSR count). The first-order valence-corrected chi connectivity index (χ1v) is 7.08. The van der Waals surface area contributed by atoms with E-state index >= 15 is 0 Å². The van der Waals surface area contributed by atoms with Crippen molar-refractivity contribution in [3.63, 3.8) is 0 Å². The van der Waals surface area contributed by atoms with Crippen molar-refractivity contribution in [2.24, 2.45) is 0 Å². The molecule has 0 saturated carbocycles. The molecule has 0 aliphatic heterocycles. The number of ether oxygens (including phenoxy) is 1. The maximum Gasteiger partial charge on any atom is 0.335 e. The van der Waals surface area contributed by atoms with Gasteiger partial charge in [-0.05, 0) is 55.5 Å². The van der Waals surface area contributed by atoms with E-state index in [1.165, 1.54) is 18.6 Å². The Morgan fingerprint density at radius 2 is 1.94 bits per heavy atom. The Balaban J connectivity index is 2.21. The molecule has 4 heteroatoms. The van der Waals surface area contributed by atoms with E-state index in [4.69, 9.17) is 9.84 Å². The number of thioether (sulfide) groups is 1. The second-order valence-corrected chi connectivity index (χ2v) is 4.72. The van der Waals surface area contributed by atoms with Crippen molar-refractivity contribution in [1.82, 2.24) is 0 Å². The summed E-state index contributed by atoms with van der Waals surface area (Å²) in [5.74, 6) is 1.03. The molecule has 1 aromatic carbocycles. The van der Waals surface area contributed by atoms with E-state index in [2.05, 4.69) is 6.26 Å². The van der Waals surface area contributed by atoms with E-state index in [0.717, 1.165) is 12.2 Å². The third-order valence-electron chi connectivity index (χ3n) is 2.36. The molecule has 0 fully saturated rings. The Labute approximate surface area is 106 Å². The van der Waals surface area contributed by atoms with Gasteiger partial charge in [0.2, 0.25) is 0 Å². The van der Waals surface area contributed by atoms with Crippen LogP contribution in [0.15, 0.2) is 24.3 Å². The summed E-state index contributed by atoms with van der Waals surface area (Å²) in [7, 11) is 0. The first-order valence-electron chi connectivity index (χ1n) is 5.69. The molecule has 0 radical (unpaired) electrons. The fourth-order valence-corrected chi connectivity index (χ4v) is 1.90. The first-order chi connectivity index (χ1) is 8.24. The van der Waals surface area contributed by atoms with Crippen LogP contribution in [0.3, 0.4) is 0 Å². The first kappa shape index (κ1) is 13.9. The molecule has 0 amide bonds. The lowest BCUT2D eigenvalue weighted by Gasteiger charge is -2.06. The molecule has 0 heterocycles. The largest absolute Gasteiger partial charge is 0.494 e. The van der Waals surface area contributed by atoms with Gasteiger partial charge in [-0.15, -0.1) is 0 Å². The number of rotatable bonds is 8. The number of carbonyl (C=O) groups is 1. The van der Waals surface area contributed by atoms with Crippen molar-refractivity contribution < 1.29 is 14.6 Å². The highest BCUT2D eigenvalue weighted by Gasteiger charge is 2.01. The minimum Gasteiger partial charge on any atom is -0.494 e. The van der Waals surface area contributed by atoms with Crippen molar-refractivity contribution in [3.8, 4) is 5.75 Å². The summed E-state index contributed by atoms with van der Waals surface area (Å²) in [5.41, 5.74) is 0.289. The van der Waals surface area contributed by atoms with Gasteiger partial charge in [0.25, 0.3) is 0 Å². The summed E-state index contributed by atoms with van der Waals surface area (Å²) < 4.78 is 5.52. The number of benzene rings is 1. The molecule has 94 valence electrons. The lowest BCUT2D eigenvalue weighted by atomic mass is 10.2. The quantitative estimate of drug-likeness (QED) is 0.723. The van der Waals surface area contributed by atoms with Crippen LogP contribution in [0.25, 0.3) is 0 Å². The zero-order chi connectivity index (χ0) is 12.5. The molecule has 1 N–H and O–H groups in total. The zero-order valence-corrected chi connectivity index (χ0v) is 10.8. The summed E-state index contributed by atoms with van der Waals surface area (Å²) >= 11 is 1.86. The van der Waals surface area contributed by atoms with Gasteiger partial charge in [-0.3, -0.25) is 0 Å². The van der Waals surface area contributed by atoms with E-state index in [9.17, 15) is 4.79 Å². The van der Waals surface area contributed by atoms with Crippen molar-refractivity contribution in [1.29, 1.82) is 0 Å². The van der Waals surface area contributed by atoms with Gasteiger partial charge < -0.3 is 9.84 Å². The SMILES string of the molecule is CSCCCCCOc1ccc(C(=O)O)cc1. The van der Waals surface area contributed by atoms with Crippen molar-refractivity contribution >= 4 is 17.7 Å². The third-order valence-corrected chi connectivity index (χ3v) is 3.06. The van der Waals surface area contributed by atoms with Gasteiger partial charge in [0.1, 0.15) is 5.75 Å². The Kier molecular flexibility index (Phi) is 6.55. The second kappa shape index (κ2) is 8.01. The topological polar surface area (TPSA) is 46.5 Å². The average molecular weight is 254 g/mol. The van der Waals surface area contributed by atoms with Crippen LogP contribution in [0, 0.1) is 0 Å². The molecule has 0 atom stereocenters. The van der Waals surface area contributed by atoms with Gasteiger partial charge >= 0.3 is 5.97 Å². The molecule has 0 bridgehead atoms. The van der Waals surface area contributed by atoms with Gasteiger partial charge in [0.05, 0.1) is 12.2 Å². The molecule has 0 aromatic heterocycles. The number of unbranched alkanes of at least 4 members (excludes halogenated alkanes) is 2. The number of aromatic carboxylic acids is 1. The predicted octanol–water partition coefficient (Wildman–Crippen LogP) is 3.30. The maximum absolute atomic E-state index is 10.6. The smallest absolute Gasteiger partial charge is 0.335 e. The molecule has 1 aromatic rings. The average Bonchev–Trinajstić information content (AvgIpc) is 2.34. The molecule has 0 aliphatic rings. The minimum atomic E-state index is -0.909. The molecular weight excluding hydrogens is 236 g/mol. The highest BCUT2D eigenvalue weighted by atomic mass is 32.2. The number of carboxylic acid groups (broad SMARTS) is 1. The number of hydrogen-bond acceptors (Lipinski definition) is 3. The molecule has 17 heavy (non-hydrogen) atoms. The zero-order valence-electron chi connectivity index (χ0n) is 10.0. The standard InChI is InChI=1S/C13H18O3S/c1-17-10-4-2-3-9-16-12-7-5-11(6-8-12)13(14)15/h5-8H,2-4,9-10H2,1H3,(H,14,15). The van der Waals surface area contributed by atoms with Crippen LogP contribution in [-0.2, 0) is 0 Å². The Bertz CT molecular complexity index is 335. The van der Waals surface area contributed by atoms with Crippen LogP contribution in [0.2, 0.25) is 0 Å². The van der Waals surface area contributed by atoms with Gasteiger partial charge in [-0.1, -0.05) is 0 Å². The summed E-state index contributed by atoms with van der Waals surface area (Å²) in [6.07, 6.45) is 5.55. The molecule has 3 nitrogen and oxygen atoms in total. The van der Waals surface area contributed by atoms with Crippen molar-refractivity contribution in [2.45, 2.75) is 19.3 Å². The van der Waals surface area contributed by atoms with E-state index in [1.807, 2.05) is 11.8 Å². The summed E-state index contributed by atoms with van der Waals surface area (Å²) in [6.45, 7) is 0.695. The van der Waals surface area contributed by atoms with E-state index in [0.29, 0.717) is 6.61 Å². The summed E-state index contributed by atoms with van der Waals surface area (Å²) in [5, 5.41) is 8.73. The Hall–Kier alpha value is -1.16. The second-order valence-electron chi connectivity index (χ2n) is 3.73. The van der Waals surface area contributed by atoms with Gasteiger partial charge in [0.15, 0.2) is 0 Å². The fourth-order valence-electron chi connectivity index (χ4n) is 1.41. The van der Waals surface area contributed by atoms with Gasteiger partial charge in [0, 0.05) is 0 Å². The number of carboxylic acids is 1. The van der Waals surface area contributed by atoms with E-state index < -0.39 is 5.97 Å². The van der Waals surface area contributed by atoms with Crippen LogP contribution < -0.4 is 4.74 Å². The highest BCUT2D eigenvalue weighted by molar-refractivity contribution is 7.98. The lowest BCUT2D eigenvalue weighted by molar-refractivity contribution is 0.0697. The Morgan fingerprint density at radius 1 is 1.24 bits per heavy atom. The normalized spacial score (nSPS) is 10.2. The molecular formula is C13H18O3S. The monoisotopic (exact) mass is 254 g/mol. The van der Waals surface area contributed by atoms with Crippen LogP contribution in [0.4, 0.5) is 0 Å². The maximum atomic E-state index is 10.6. The van der Waals surface area contributed by atoms with Crippen LogP contribution in [0.5, 0.6) is 5.75 Å². The Morgan fingerprint density at radius 3 is 2.53 bits per heavy atom. The molecule has 0 spiro atoms. The van der Waals surface area contributed by atoms with Crippen molar-refractivity contribution in [2.75, 3.05) is 18.6 Å². The van der Waals surface area contributed by atoms with Crippen LogP contribution >= 0.6 is 11.8 Å². The predicted molar refractivity (Wildman–Crippen MR) is 71.1 cm³/mol. The fraction of sp³-hybridized carbons (Fsp3) is 0.462. The highest BCUT2D eigenvalue weighted by Crippen LogP contribution is 2.13.